The summed E-state index contributed by atoms with van der Waals surface area (Å²) in [6.45, 7) is 2.03. The van der Waals surface area contributed by atoms with Crippen molar-refractivity contribution in [1.29, 1.82) is 0 Å². The molecule has 1 saturated carbocycles. The molecule has 1 N–H and O–H groups in total. The minimum Gasteiger partial charge on any atom is -0.325 e. The lowest BCUT2D eigenvalue weighted by Gasteiger charge is -2.16. The molecule has 3 rings (SSSR count). The van der Waals surface area contributed by atoms with Crippen molar-refractivity contribution < 1.29 is 4.79 Å². The van der Waals surface area contributed by atoms with Gasteiger partial charge in [0, 0.05) is 10.7 Å². The molecule has 3 heteroatoms. The van der Waals surface area contributed by atoms with Crippen LogP contribution in [0.5, 0.6) is 0 Å². The lowest BCUT2D eigenvalue weighted by atomic mass is 9.95. The molecule has 102 valence electrons. The smallest absolute Gasteiger partial charge is 0.235 e. The Hall–Kier alpha value is -1.80. The van der Waals surface area contributed by atoms with Gasteiger partial charge in [0.1, 0.15) is 0 Å². The van der Waals surface area contributed by atoms with Crippen LogP contribution in [0, 0.1) is 6.92 Å². The molecule has 0 radical (unpaired) electrons. The van der Waals surface area contributed by atoms with E-state index in [2.05, 4.69) is 5.32 Å². The molecule has 2 aromatic rings. The highest BCUT2D eigenvalue weighted by molar-refractivity contribution is 6.30. The third kappa shape index (κ3) is 2.44. The Morgan fingerprint density at radius 2 is 1.65 bits per heavy atom. The standard InChI is InChI=1S/C17H16ClNO/c1-12-2-8-15(9-3-12)19-16(20)17(10-11-17)13-4-6-14(18)7-5-13/h2-9H,10-11H2,1H3,(H,19,20). The van der Waals surface area contributed by atoms with E-state index in [-0.39, 0.29) is 11.3 Å². The van der Waals surface area contributed by atoms with Crippen molar-refractivity contribution in [2.45, 2.75) is 25.2 Å². The molecular weight excluding hydrogens is 270 g/mol. The van der Waals surface area contributed by atoms with Crippen molar-refractivity contribution in [3.63, 3.8) is 0 Å². The number of carbonyl (C=O) groups excluding carboxylic acids is 1. The molecule has 2 aromatic carbocycles. The monoisotopic (exact) mass is 285 g/mol. The van der Waals surface area contributed by atoms with E-state index in [0.717, 1.165) is 24.1 Å². The number of anilines is 1. The van der Waals surface area contributed by atoms with Gasteiger partial charge in [-0.25, -0.2) is 0 Å². The summed E-state index contributed by atoms with van der Waals surface area (Å²) >= 11 is 5.91. The van der Waals surface area contributed by atoms with Gasteiger partial charge >= 0.3 is 0 Å². The first kappa shape index (κ1) is 13.2. The summed E-state index contributed by atoms with van der Waals surface area (Å²) in [4.78, 5) is 12.5. The lowest BCUT2D eigenvalue weighted by Crippen LogP contribution is -2.27. The third-order valence-electron chi connectivity index (χ3n) is 3.89. The number of amides is 1. The maximum absolute atomic E-state index is 12.5. The third-order valence-corrected chi connectivity index (χ3v) is 4.14. The molecular formula is C17H16ClNO. The average Bonchev–Trinajstić information content (AvgIpc) is 3.24. The predicted octanol–water partition coefficient (Wildman–Crippen LogP) is 4.32. The van der Waals surface area contributed by atoms with Gasteiger partial charge in [0.2, 0.25) is 5.91 Å². The number of nitrogens with one attached hydrogen (secondary N) is 1. The van der Waals surface area contributed by atoms with Crippen molar-refractivity contribution in [2.75, 3.05) is 5.32 Å². The Kier molecular flexibility index (Phi) is 3.27. The highest BCUT2D eigenvalue weighted by Gasteiger charge is 2.51. The van der Waals surface area contributed by atoms with Crippen LogP contribution >= 0.6 is 11.6 Å². The van der Waals surface area contributed by atoms with Crippen LogP contribution in [0.3, 0.4) is 0 Å². The van der Waals surface area contributed by atoms with Crippen LogP contribution in [-0.4, -0.2) is 5.91 Å². The molecule has 20 heavy (non-hydrogen) atoms. The van der Waals surface area contributed by atoms with E-state index < -0.39 is 0 Å². The van der Waals surface area contributed by atoms with E-state index in [1.807, 2.05) is 55.5 Å². The summed E-state index contributed by atoms with van der Waals surface area (Å²) < 4.78 is 0. The molecule has 0 aromatic heterocycles. The van der Waals surface area contributed by atoms with Gasteiger partial charge in [-0.05, 0) is 49.6 Å². The molecule has 1 aliphatic carbocycles. The highest BCUT2D eigenvalue weighted by atomic mass is 35.5. The summed E-state index contributed by atoms with van der Waals surface area (Å²) in [5, 5.41) is 3.71. The molecule has 0 atom stereocenters. The molecule has 0 unspecified atom stereocenters. The van der Waals surface area contributed by atoms with E-state index in [4.69, 9.17) is 11.6 Å². The second-order valence-electron chi connectivity index (χ2n) is 5.41. The zero-order valence-electron chi connectivity index (χ0n) is 11.3. The molecule has 1 fully saturated rings. The Morgan fingerprint density at radius 3 is 2.20 bits per heavy atom. The quantitative estimate of drug-likeness (QED) is 0.894. The van der Waals surface area contributed by atoms with Gasteiger partial charge in [-0.1, -0.05) is 41.4 Å². The first-order valence-electron chi connectivity index (χ1n) is 6.74. The van der Waals surface area contributed by atoms with Gasteiger partial charge in [-0.2, -0.15) is 0 Å². The number of rotatable bonds is 3. The molecule has 1 aliphatic rings. The van der Waals surface area contributed by atoms with Crippen molar-refractivity contribution in [3.05, 3.63) is 64.7 Å². The summed E-state index contributed by atoms with van der Waals surface area (Å²) in [5.41, 5.74) is 2.71. The number of hydrogen-bond donors (Lipinski definition) is 1. The van der Waals surface area contributed by atoms with Crippen molar-refractivity contribution >= 4 is 23.2 Å². The zero-order valence-corrected chi connectivity index (χ0v) is 12.1. The molecule has 0 heterocycles. The van der Waals surface area contributed by atoms with Gasteiger partial charge < -0.3 is 5.32 Å². The van der Waals surface area contributed by atoms with E-state index in [1.165, 1.54) is 5.56 Å². The lowest BCUT2D eigenvalue weighted by molar-refractivity contribution is -0.118. The normalized spacial score (nSPS) is 15.7. The fourth-order valence-corrected chi connectivity index (χ4v) is 2.55. The van der Waals surface area contributed by atoms with E-state index >= 15 is 0 Å². The van der Waals surface area contributed by atoms with E-state index in [1.54, 1.807) is 0 Å². The Morgan fingerprint density at radius 1 is 1.05 bits per heavy atom. The van der Waals surface area contributed by atoms with Crippen LogP contribution in [0.15, 0.2) is 48.5 Å². The summed E-state index contributed by atoms with van der Waals surface area (Å²) in [5.74, 6) is 0.0728. The maximum Gasteiger partial charge on any atom is 0.235 e. The molecule has 1 amide bonds. The largest absolute Gasteiger partial charge is 0.325 e. The maximum atomic E-state index is 12.5. The van der Waals surface area contributed by atoms with Crippen LogP contribution in [0.2, 0.25) is 5.02 Å². The Balaban J connectivity index is 1.79. The second kappa shape index (κ2) is 4.95. The Labute approximate surface area is 123 Å². The topological polar surface area (TPSA) is 29.1 Å². The van der Waals surface area contributed by atoms with Crippen LogP contribution < -0.4 is 5.32 Å². The van der Waals surface area contributed by atoms with Gasteiger partial charge in [0.15, 0.2) is 0 Å². The molecule has 0 bridgehead atoms. The van der Waals surface area contributed by atoms with Gasteiger partial charge in [0.25, 0.3) is 0 Å². The summed E-state index contributed by atoms with van der Waals surface area (Å²) in [6.07, 6.45) is 1.79. The fraction of sp³-hybridized carbons (Fsp3) is 0.235. The fourth-order valence-electron chi connectivity index (χ4n) is 2.43. The van der Waals surface area contributed by atoms with Crippen molar-refractivity contribution in [2.24, 2.45) is 0 Å². The number of halogens is 1. The number of hydrogen-bond acceptors (Lipinski definition) is 1. The van der Waals surface area contributed by atoms with Crippen molar-refractivity contribution in [3.8, 4) is 0 Å². The average molecular weight is 286 g/mol. The summed E-state index contributed by atoms with van der Waals surface area (Å²) in [7, 11) is 0. The molecule has 0 spiro atoms. The van der Waals surface area contributed by atoms with Gasteiger partial charge in [-0.15, -0.1) is 0 Å². The summed E-state index contributed by atoms with van der Waals surface area (Å²) in [6, 6.07) is 15.5. The SMILES string of the molecule is Cc1ccc(NC(=O)C2(c3ccc(Cl)cc3)CC2)cc1. The van der Waals surface area contributed by atoms with Crippen LogP contribution in [0.4, 0.5) is 5.69 Å². The first-order valence-corrected chi connectivity index (χ1v) is 7.12. The predicted molar refractivity (Wildman–Crippen MR) is 82.2 cm³/mol. The van der Waals surface area contributed by atoms with Crippen LogP contribution in [-0.2, 0) is 10.2 Å². The second-order valence-corrected chi connectivity index (χ2v) is 5.85. The minimum atomic E-state index is -0.366. The van der Waals surface area contributed by atoms with E-state index in [9.17, 15) is 4.79 Å². The van der Waals surface area contributed by atoms with Crippen LogP contribution in [0.1, 0.15) is 24.0 Å². The van der Waals surface area contributed by atoms with Gasteiger partial charge in [0.05, 0.1) is 5.41 Å². The first-order chi connectivity index (χ1) is 9.60. The Bertz CT molecular complexity index is 627. The minimum absolute atomic E-state index is 0.0728. The number of carbonyl (C=O) groups is 1. The van der Waals surface area contributed by atoms with Crippen LogP contribution in [0.25, 0.3) is 0 Å². The van der Waals surface area contributed by atoms with E-state index in [0.29, 0.717) is 5.02 Å². The molecule has 0 saturated heterocycles. The highest BCUT2D eigenvalue weighted by Crippen LogP contribution is 2.49. The number of benzene rings is 2. The molecule has 2 nitrogen and oxygen atoms in total. The van der Waals surface area contributed by atoms with Gasteiger partial charge in [-0.3, -0.25) is 4.79 Å². The molecule has 0 aliphatic heterocycles. The van der Waals surface area contributed by atoms with Crippen molar-refractivity contribution in [1.82, 2.24) is 0 Å². The number of aryl methyl sites for hydroxylation is 1. The zero-order chi connectivity index (χ0) is 14.2.